The van der Waals surface area contributed by atoms with Gasteiger partial charge in [-0.15, -0.1) is 0 Å². The monoisotopic (exact) mass is 1150 g/mol. The maximum atomic E-state index is 16.1. The molecule has 1 aliphatic rings. The van der Waals surface area contributed by atoms with Gasteiger partial charge in [-0.25, -0.2) is 25.3 Å². The maximum absolute atomic E-state index is 16.1. The van der Waals surface area contributed by atoms with Crippen LogP contribution in [0.15, 0.2) is 132 Å². The third-order valence-corrected chi connectivity index (χ3v) is 18.1. The zero-order chi connectivity index (χ0) is 57.8. The Morgan fingerprint density at radius 3 is 1.37 bits per heavy atom. The highest BCUT2D eigenvalue weighted by molar-refractivity contribution is 7.60. The molecule has 0 saturated carbocycles. The number of carbonyl (C=O) groups is 4. The first-order valence-corrected chi connectivity index (χ1v) is 31.2. The summed E-state index contributed by atoms with van der Waals surface area (Å²) in [6.07, 6.45) is 1.60. The van der Waals surface area contributed by atoms with Crippen molar-refractivity contribution < 1.29 is 47.3 Å². The Balaban J connectivity index is 1.26. The molecule has 4 aromatic carbocycles. The molecule has 22 nitrogen and oxygen atoms in total. The van der Waals surface area contributed by atoms with E-state index >= 15 is 9.13 Å². The van der Waals surface area contributed by atoms with Crippen molar-refractivity contribution in [3.63, 3.8) is 0 Å². The number of nitrogens with two attached hydrogens (primary N) is 1. The van der Waals surface area contributed by atoms with Crippen molar-refractivity contribution in [1.82, 2.24) is 49.7 Å². The van der Waals surface area contributed by atoms with E-state index in [9.17, 15) is 24.0 Å². The quantitative estimate of drug-likeness (QED) is 0.0188. The van der Waals surface area contributed by atoms with Crippen LogP contribution in [-0.2, 0) is 79.5 Å². The minimum absolute atomic E-state index is 0.0536. The number of carbonyl (C=O) groups excluding carboxylic acids is 4. The molecular weight excluding hydrogens is 1080 g/mol. The lowest BCUT2D eigenvalue weighted by Crippen LogP contribution is -2.57. The zero-order valence-corrected chi connectivity index (χ0v) is 48.1. The van der Waals surface area contributed by atoms with Gasteiger partial charge < -0.3 is 29.2 Å². The average Bonchev–Trinajstić information content (AvgIpc) is 3.94. The molecule has 24 heteroatoms. The third-order valence-electron chi connectivity index (χ3n) is 13.6. The Bertz CT molecular complexity index is 3000. The van der Waals surface area contributed by atoms with E-state index in [1.165, 1.54) is 6.33 Å². The van der Waals surface area contributed by atoms with E-state index in [1.807, 2.05) is 126 Å². The van der Waals surface area contributed by atoms with Crippen LogP contribution in [-0.4, -0.2) is 148 Å². The van der Waals surface area contributed by atoms with Crippen LogP contribution in [0.3, 0.4) is 0 Å². The van der Waals surface area contributed by atoms with Crippen LogP contribution in [0, 0.1) is 0 Å². The lowest BCUT2D eigenvalue weighted by Gasteiger charge is -2.43. The first kappa shape index (κ1) is 61.7. The molecule has 0 spiro atoms. The topological polar surface area (TPSA) is 284 Å². The third kappa shape index (κ3) is 18.3. The number of ether oxygens (including phenoxy) is 4. The number of hydrogen-bond donors (Lipinski definition) is 6. The van der Waals surface area contributed by atoms with Crippen molar-refractivity contribution in [3.05, 3.63) is 160 Å². The highest BCUT2D eigenvalue weighted by Gasteiger charge is 2.41. The number of rotatable bonds is 31. The van der Waals surface area contributed by atoms with Gasteiger partial charge in [-0.2, -0.15) is 4.98 Å². The molecule has 1 saturated heterocycles. The number of benzene rings is 4. The zero-order valence-electron chi connectivity index (χ0n) is 46.3. The maximum Gasteiger partial charge on any atom is 0.323 e. The largest absolute Gasteiger partial charge is 0.465 e. The van der Waals surface area contributed by atoms with Gasteiger partial charge in [0.1, 0.15) is 24.2 Å². The number of esters is 4. The molecule has 0 amide bonds. The summed E-state index contributed by atoms with van der Waals surface area (Å²) in [6, 6.07) is 32.0. The molecule has 434 valence electrons. The molecule has 2 aromatic heterocycles. The molecule has 1 aliphatic heterocycles. The smallest absolute Gasteiger partial charge is 0.323 e. The summed E-state index contributed by atoms with van der Waals surface area (Å²) in [6.45, 7) is 7.98. The van der Waals surface area contributed by atoms with Crippen molar-refractivity contribution in [2.24, 2.45) is 0 Å². The van der Waals surface area contributed by atoms with Crippen LogP contribution in [0.5, 0.6) is 0 Å². The lowest BCUT2D eigenvalue weighted by molar-refractivity contribution is -0.146. The normalized spacial score (nSPS) is 15.8. The second-order valence-electron chi connectivity index (χ2n) is 19.6. The molecule has 0 bridgehead atoms. The van der Waals surface area contributed by atoms with Gasteiger partial charge in [0, 0.05) is 44.9 Å². The van der Waals surface area contributed by atoms with E-state index in [0.717, 1.165) is 22.3 Å². The summed E-state index contributed by atoms with van der Waals surface area (Å²) < 4.78 is 56.0. The fourth-order valence-corrected chi connectivity index (χ4v) is 14.6. The van der Waals surface area contributed by atoms with Crippen LogP contribution in [0.1, 0.15) is 49.9 Å². The number of nitrogens with one attached hydrogen (secondary N) is 5. The summed E-state index contributed by atoms with van der Waals surface area (Å²) in [7, 11) is -8.15. The number of imidazole rings is 1. The highest BCUT2D eigenvalue weighted by Crippen LogP contribution is 2.42. The Kier molecular flexibility index (Phi) is 23.1. The van der Waals surface area contributed by atoms with Gasteiger partial charge in [0.15, 0.2) is 11.2 Å². The SMILES string of the molecule is CCOC(=O)[C@H](Cc1ccccc1)NP(=O)(CCN1CCN(CP(=O)(N[C@@H](Cc2ccccc2)C(=O)OCC)N[C@@H](Cc2ccccc2)C(=O)OCC)CC1Cn1cnc2c(=O)[nH]c(N)nc21)N[C@@H](Cc1ccccc1)C(=O)OCC. The van der Waals surface area contributed by atoms with E-state index in [1.54, 1.807) is 32.3 Å². The number of anilines is 1. The fourth-order valence-electron chi connectivity index (χ4n) is 9.83. The molecule has 81 heavy (non-hydrogen) atoms. The number of aromatic nitrogens is 4. The predicted molar refractivity (Wildman–Crippen MR) is 309 cm³/mol. The highest BCUT2D eigenvalue weighted by atomic mass is 31.2. The number of H-pyrrole nitrogens is 1. The van der Waals surface area contributed by atoms with E-state index in [-0.39, 0.29) is 114 Å². The second-order valence-corrected chi connectivity index (χ2v) is 24.3. The minimum atomic E-state index is -4.10. The standard InChI is InChI=1S/C57H75N11O11P2/c1-5-76-53(70)46(33-41-21-13-9-14-22-41)62-80(74,63-47(54(71)77-6-2)34-42-23-15-10-16-24-42)32-31-67-30-29-66(37-45(67)38-68-39-59-50-51(68)60-57(58)61-52(50)69)40-81(75,64-48(55(72)78-7-3)35-43-25-17-11-18-26-43)65-49(56(73)79-8-4)36-44-27-19-12-20-28-44/h9-28,39,45-49H,5-8,29-38,40H2,1-4H3,(H2,62,63,74)(H2,64,65,75)(H3,58,60,61,69)/t45?,46-,47-,48-,49-/m0/s1. The van der Waals surface area contributed by atoms with Gasteiger partial charge in [-0.1, -0.05) is 121 Å². The molecule has 6 aromatic rings. The Morgan fingerprint density at radius 2 is 0.988 bits per heavy atom. The predicted octanol–water partition coefficient (Wildman–Crippen LogP) is 5.09. The van der Waals surface area contributed by atoms with Crippen molar-refractivity contribution in [2.45, 2.75) is 90.1 Å². The summed E-state index contributed by atoms with van der Waals surface area (Å²) in [5.41, 5.74) is 8.91. The molecule has 0 radical (unpaired) electrons. The van der Waals surface area contributed by atoms with Crippen molar-refractivity contribution in [3.8, 4) is 0 Å². The summed E-state index contributed by atoms with van der Waals surface area (Å²) in [5.74, 6) is -2.65. The number of nitrogen functional groups attached to an aromatic ring is 1. The first-order chi connectivity index (χ1) is 39.1. The molecule has 1 fully saturated rings. The number of aromatic amines is 1. The molecular formula is C57H75N11O11P2. The Morgan fingerprint density at radius 1 is 0.605 bits per heavy atom. The van der Waals surface area contributed by atoms with Crippen LogP contribution >= 0.6 is 14.9 Å². The molecule has 0 aliphatic carbocycles. The Hall–Kier alpha value is -6.87. The number of nitrogens with zero attached hydrogens (tertiary/aromatic N) is 5. The number of fused-ring (bicyclic) bond motifs is 1. The Labute approximate surface area is 472 Å². The van der Waals surface area contributed by atoms with Crippen LogP contribution in [0.2, 0.25) is 0 Å². The van der Waals surface area contributed by atoms with E-state index < -0.39 is 74.5 Å². The van der Waals surface area contributed by atoms with Gasteiger partial charge in [-0.05, 0) is 75.6 Å². The van der Waals surface area contributed by atoms with Crippen molar-refractivity contribution >= 4 is 55.9 Å². The summed E-state index contributed by atoms with van der Waals surface area (Å²) >= 11 is 0. The van der Waals surface area contributed by atoms with Gasteiger partial charge in [0.25, 0.3) is 5.56 Å². The number of hydrogen-bond acceptors (Lipinski definition) is 16. The number of piperazine rings is 1. The van der Waals surface area contributed by atoms with Gasteiger partial charge in [0.2, 0.25) is 20.8 Å². The molecule has 7 N–H and O–H groups in total. The summed E-state index contributed by atoms with van der Waals surface area (Å²) in [5, 5.41) is 12.7. The van der Waals surface area contributed by atoms with Crippen molar-refractivity contribution in [2.75, 3.05) is 70.8 Å². The first-order valence-electron chi connectivity index (χ1n) is 27.4. The van der Waals surface area contributed by atoms with E-state index in [2.05, 4.69) is 40.2 Å². The lowest BCUT2D eigenvalue weighted by atomic mass is 10.1. The molecule has 1 unspecified atom stereocenters. The molecule has 7 rings (SSSR count). The van der Waals surface area contributed by atoms with Gasteiger partial charge in [-0.3, -0.25) is 47.9 Å². The molecule has 3 heterocycles. The van der Waals surface area contributed by atoms with E-state index in [0.29, 0.717) is 0 Å². The minimum Gasteiger partial charge on any atom is -0.465 e. The van der Waals surface area contributed by atoms with Crippen LogP contribution in [0.25, 0.3) is 11.2 Å². The van der Waals surface area contributed by atoms with E-state index in [4.69, 9.17) is 24.7 Å². The molecule has 5 atom stereocenters. The van der Waals surface area contributed by atoms with Crippen LogP contribution in [0.4, 0.5) is 5.95 Å². The van der Waals surface area contributed by atoms with Crippen molar-refractivity contribution in [1.29, 1.82) is 0 Å². The van der Waals surface area contributed by atoms with Gasteiger partial charge in [0.05, 0.1) is 39.0 Å². The average molecular weight is 1150 g/mol. The fraction of sp³-hybridized carbons (Fsp3) is 0.421. The van der Waals surface area contributed by atoms with Crippen LogP contribution < -0.4 is 31.6 Å². The van der Waals surface area contributed by atoms with Gasteiger partial charge >= 0.3 is 23.9 Å². The summed E-state index contributed by atoms with van der Waals surface area (Å²) in [4.78, 5) is 83.9. The second kappa shape index (κ2) is 30.3.